The van der Waals surface area contributed by atoms with Gasteiger partial charge in [-0.1, -0.05) is 0 Å². The van der Waals surface area contributed by atoms with Crippen LogP contribution in [0.2, 0.25) is 0 Å². The van der Waals surface area contributed by atoms with E-state index in [1.807, 2.05) is 6.92 Å². The van der Waals surface area contributed by atoms with Crippen molar-refractivity contribution in [3.05, 3.63) is 12.0 Å². The molecule has 0 atom stereocenters. The third-order valence-corrected chi connectivity index (χ3v) is 1.34. The molecule has 0 aliphatic heterocycles. The Morgan fingerprint density at radius 3 is 3.09 bits per heavy atom. The number of rotatable bonds is 0. The highest BCUT2D eigenvalue weighted by Gasteiger charge is 2.00. The molecule has 0 bridgehead atoms. The maximum Gasteiger partial charge on any atom is 0.197 e. The molecule has 0 fully saturated rings. The average molecular weight is 149 g/mol. The fourth-order valence-corrected chi connectivity index (χ4v) is 0.920. The molecule has 5 nitrogen and oxygen atoms in total. The summed E-state index contributed by atoms with van der Waals surface area (Å²) in [5.74, 6) is 1.20. The van der Waals surface area contributed by atoms with Crippen LogP contribution in [0.25, 0.3) is 11.3 Å². The lowest BCUT2D eigenvalue weighted by Crippen LogP contribution is -1.91. The summed E-state index contributed by atoms with van der Waals surface area (Å²) in [5.41, 5.74) is 6.66. The van der Waals surface area contributed by atoms with Crippen molar-refractivity contribution in [3.63, 3.8) is 0 Å². The van der Waals surface area contributed by atoms with E-state index in [9.17, 15) is 0 Å². The smallest absolute Gasteiger partial charge is 0.197 e. The molecule has 2 aromatic rings. The number of aromatic nitrogens is 4. The first kappa shape index (κ1) is 6.09. The zero-order chi connectivity index (χ0) is 7.84. The van der Waals surface area contributed by atoms with E-state index in [0.29, 0.717) is 17.1 Å². The van der Waals surface area contributed by atoms with Gasteiger partial charge in [-0.15, -0.1) is 0 Å². The highest BCUT2D eigenvalue weighted by molar-refractivity contribution is 5.66. The van der Waals surface area contributed by atoms with Crippen LogP contribution >= 0.6 is 0 Å². The second kappa shape index (κ2) is 1.91. The second-order valence-corrected chi connectivity index (χ2v) is 2.29. The van der Waals surface area contributed by atoms with Crippen molar-refractivity contribution < 1.29 is 0 Å². The Labute approximate surface area is 62.7 Å². The summed E-state index contributed by atoms with van der Waals surface area (Å²) < 4.78 is 0. The second-order valence-electron chi connectivity index (χ2n) is 2.29. The quantitative estimate of drug-likeness (QED) is 0.562. The van der Waals surface area contributed by atoms with Gasteiger partial charge < -0.3 is 10.7 Å². The number of hydrogen-bond donors (Lipinski definition) is 2. The van der Waals surface area contributed by atoms with Gasteiger partial charge in [0.25, 0.3) is 0 Å². The number of aromatic amines is 1. The first-order valence-electron chi connectivity index (χ1n) is 3.20. The molecule has 2 heterocycles. The number of hydrogen-bond acceptors (Lipinski definition) is 4. The molecule has 0 spiro atoms. The molecule has 0 aliphatic carbocycles. The standard InChI is InChI=1S/C6H7N5/c1-3-9-5-6(10-3)11-4(7)2-8-5/h2H,1H3,(H3,7,8,9,10,11). The van der Waals surface area contributed by atoms with E-state index in [0.717, 1.165) is 5.82 Å². The fourth-order valence-electron chi connectivity index (χ4n) is 0.920. The number of nitrogens with one attached hydrogen (secondary N) is 1. The number of nitrogens with two attached hydrogens (primary N) is 1. The molecule has 0 aromatic carbocycles. The van der Waals surface area contributed by atoms with Crippen LogP contribution in [0.15, 0.2) is 6.20 Å². The van der Waals surface area contributed by atoms with Gasteiger partial charge in [-0.2, -0.15) is 0 Å². The summed E-state index contributed by atoms with van der Waals surface area (Å²) in [7, 11) is 0. The summed E-state index contributed by atoms with van der Waals surface area (Å²) in [6, 6.07) is 0. The molecular weight excluding hydrogens is 142 g/mol. The fraction of sp³-hybridized carbons (Fsp3) is 0.167. The lowest BCUT2D eigenvalue weighted by Gasteiger charge is -1.87. The molecule has 3 N–H and O–H groups in total. The zero-order valence-electron chi connectivity index (χ0n) is 6.00. The van der Waals surface area contributed by atoms with E-state index in [1.165, 1.54) is 6.20 Å². The predicted octanol–water partition coefficient (Wildman–Crippen LogP) is 0.244. The van der Waals surface area contributed by atoms with Gasteiger partial charge in [0.2, 0.25) is 0 Å². The molecule has 2 aromatic heterocycles. The molecule has 0 saturated heterocycles. The minimum absolute atomic E-state index is 0.404. The summed E-state index contributed by atoms with van der Waals surface area (Å²) in [6.45, 7) is 1.85. The van der Waals surface area contributed by atoms with Crippen LogP contribution in [-0.2, 0) is 0 Å². The Bertz CT molecular complexity index is 391. The van der Waals surface area contributed by atoms with Crippen molar-refractivity contribution in [1.82, 2.24) is 19.9 Å². The summed E-state index contributed by atoms with van der Waals surface area (Å²) in [4.78, 5) is 15.0. The third kappa shape index (κ3) is 0.899. The van der Waals surface area contributed by atoms with Crippen LogP contribution in [0.3, 0.4) is 0 Å². The molecular formula is C6H7N5. The molecule has 56 valence electrons. The lowest BCUT2D eigenvalue weighted by atomic mass is 10.6. The van der Waals surface area contributed by atoms with Gasteiger partial charge in [-0.25, -0.2) is 15.0 Å². The van der Waals surface area contributed by atoms with Crippen LogP contribution in [0.5, 0.6) is 0 Å². The molecule has 0 amide bonds. The normalized spacial score (nSPS) is 10.6. The average Bonchev–Trinajstić information content (AvgIpc) is 2.27. The van der Waals surface area contributed by atoms with E-state index >= 15 is 0 Å². The Balaban J connectivity index is 2.82. The highest BCUT2D eigenvalue weighted by Crippen LogP contribution is 2.05. The van der Waals surface area contributed by atoms with Gasteiger partial charge in [-0.05, 0) is 6.92 Å². The molecule has 0 unspecified atom stereocenters. The molecule has 0 radical (unpaired) electrons. The first-order chi connectivity index (χ1) is 5.25. The van der Waals surface area contributed by atoms with E-state index < -0.39 is 0 Å². The number of H-pyrrole nitrogens is 1. The SMILES string of the molecule is Cc1nc2ncc(N)nc2[nH]1. The topological polar surface area (TPSA) is 80.5 Å². The van der Waals surface area contributed by atoms with Crippen molar-refractivity contribution in [2.24, 2.45) is 0 Å². The van der Waals surface area contributed by atoms with Gasteiger partial charge in [0.1, 0.15) is 11.6 Å². The maximum absolute atomic E-state index is 5.41. The monoisotopic (exact) mass is 149 g/mol. The van der Waals surface area contributed by atoms with Crippen molar-refractivity contribution in [1.29, 1.82) is 0 Å². The first-order valence-corrected chi connectivity index (χ1v) is 3.20. The van der Waals surface area contributed by atoms with Crippen LogP contribution in [0.4, 0.5) is 5.82 Å². The number of anilines is 1. The van der Waals surface area contributed by atoms with Crippen LogP contribution in [0, 0.1) is 6.92 Å². The molecule has 11 heavy (non-hydrogen) atoms. The maximum atomic E-state index is 5.41. The van der Waals surface area contributed by atoms with Gasteiger partial charge in [0.05, 0.1) is 6.20 Å². The summed E-state index contributed by atoms with van der Waals surface area (Å²) >= 11 is 0. The Morgan fingerprint density at radius 2 is 2.27 bits per heavy atom. The molecule has 2 rings (SSSR count). The van der Waals surface area contributed by atoms with Gasteiger partial charge in [0, 0.05) is 0 Å². The Morgan fingerprint density at radius 1 is 1.45 bits per heavy atom. The van der Waals surface area contributed by atoms with E-state index in [-0.39, 0.29) is 0 Å². The van der Waals surface area contributed by atoms with Gasteiger partial charge >= 0.3 is 0 Å². The van der Waals surface area contributed by atoms with Crippen LogP contribution in [-0.4, -0.2) is 19.9 Å². The molecule has 0 aliphatic rings. The summed E-state index contributed by atoms with van der Waals surface area (Å²) in [6.07, 6.45) is 1.49. The Hall–Kier alpha value is -1.65. The van der Waals surface area contributed by atoms with Crippen LogP contribution < -0.4 is 5.73 Å². The van der Waals surface area contributed by atoms with E-state index in [2.05, 4.69) is 19.9 Å². The van der Waals surface area contributed by atoms with Crippen LogP contribution in [0.1, 0.15) is 5.82 Å². The molecule has 0 saturated carbocycles. The largest absolute Gasteiger partial charge is 0.382 e. The molecule has 5 heteroatoms. The van der Waals surface area contributed by atoms with Crippen molar-refractivity contribution >= 4 is 17.1 Å². The number of nitrogen functional groups attached to an aromatic ring is 1. The number of fused-ring (bicyclic) bond motifs is 1. The van der Waals surface area contributed by atoms with Gasteiger partial charge in [0.15, 0.2) is 11.3 Å². The third-order valence-electron chi connectivity index (χ3n) is 1.34. The minimum atomic E-state index is 0.404. The predicted molar refractivity (Wildman–Crippen MR) is 40.8 cm³/mol. The number of imidazole rings is 1. The van der Waals surface area contributed by atoms with Gasteiger partial charge in [-0.3, -0.25) is 0 Å². The number of nitrogens with zero attached hydrogens (tertiary/aromatic N) is 3. The summed E-state index contributed by atoms with van der Waals surface area (Å²) in [5, 5.41) is 0. The minimum Gasteiger partial charge on any atom is -0.382 e. The lowest BCUT2D eigenvalue weighted by molar-refractivity contribution is 1.16. The number of aryl methyl sites for hydroxylation is 1. The zero-order valence-corrected chi connectivity index (χ0v) is 6.00. The van der Waals surface area contributed by atoms with E-state index in [4.69, 9.17) is 5.73 Å². The van der Waals surface area contributed by atoms with Crippen molar-refractivity contribution in [2.75, 3.05) is 5.73 Å². The highest BCUT2D eigenvalue weighted by atomic mass is 15.1. The van der Waals surface area contributed by atoms with Crippen molar-refractivity contribution in [2.45, 2.75) is 6.92 Å². The van der Waals surface area contributed by atoms with E-state index in [1.54, 1.807) is 0 Å². The Kier molecular flexibility index (Phi) is 1.06. The van der Waals surface area contributed by atoms with Crippen molar-refractivity contribution in [3.8, 4) is 0 Å².